The zero-order chi connectivity index (χ0) is 21.8. The Bertz CT molecular complexity index is 802. The van der Waals surface area contributed by atoms with E-state index in [1.54, 1.807) is 0 Å². The first-order valence-electron chi connectivity index (χ1n) is 10.4. The highest BCUT2D eigenvalue weighted by Gasteiger charge is 2.09. The lowest BCUT2D eigenvalue weighted by molar-refractivity contribution is 0.163. The zero-order valence-electron chi connectivity index (χ0n) is 17.9. The molecule has 4 heterocycles. The van der Waals surface area contributed by atoms with Crippen molar-refractivity contribution in [3.63, 3.8) is 0 Å². The quantitative estimate of drug-likeness (QED) is 0.193. The first kappa shape index (κ1) is 22.6. The van der Waals surface area contributed by atoms with E-state index in [1.807, 2.05) is 114 Å². The van der Waals surface area contributed by atoms with Gasteiger partial charge in [0.15, 0.2) is 0 Å². The van der Waals surface area contributed by atoms with Crippen LogP contribution in [0.2, 0.25) is 0 Å². The van der Waals surface area contributed by atoms with Crippen LogP contribution in [-0.2, 0) is 26.7 Å². The molecule has 0 spiro atoms. The van der Waals surface area contributed by atoms with Crippen LogP contribution >= 0.6 is 21.6 Å². The molecule has 32 heavy (non-hydrogen) atoms. The summed E-state index contributed by atoms with van der Waals surface area (Å²) in [5, 5.41) is 17.3. The molecule has 0 saturated heterocycles. The van der Waals surface area contributed by atoms with Crippen molar-refractivity contribution in [1.29, 1.82) is 0 Å². The lowest BCUT2D eigenvalue weighted by Gasteiger charge is -2.23. The summed E-state index contributed by atoms with van der Waals surface area (Å²) >= 11 is 0. The van der Waals surface area contributed by atoms with Crippen LogP contribution in [0.1, 0.15) is 0 Å². The third-order valence-corrected chi connectivity index (χ3v) is 7.05. The van der Waals surface area contributed by atoms with Crippen molar-refractivity contribution in [2.75, 3.05) is 24.6 Å². The third-order valence-electron chi connectivity index (χ3n) is 4.68. The molecule has 0 unspecified atom stereocenters. The van der Waals surface area contributed by atoms with Crippen LogP contribution in [0, 0.1) is 0 Å². The smallest absolute Gasteiger partial charge is 0.0943 e. The van der Waals surface area contributed by atoms with E-state index >= 15 is 0 Å². The fourth-order valence-electron chi connectivity index (χ4n) is 3.18. The molecule has 4 aromatic rings. The van der Waals surface area contributed by atoms with Gasteiger partial charge in [-0.2, -0.15) is 20.4 Å². The van der Waals surface area contributed by atoms with Crippen molar-refractivity contribution < 1.29 is 0 Å². The fraction of sp³-hybridized carbons (Fsp3) is 0.400. The van der Waals surface area contributed by atoms with Gasteiger partial charge in [-0.15, -0.1) is 0 Å². The molecular weight excluding hydrogens is 444 g/mol. The lowest BCUT2D eigenvalue weighted by atomic mass is 10.6. The van der Waals surface area contributed by atoms with E-state index in [4.69, 9.17) is 0 Å². The molecule has 0 fully saturated rings. The normalized spacial score (nSPS) is 11.7. The molecule has 0 aliphatic carbocycles. The van der Waals surface area contributed by atoms with E-state index in [0.717, 1.165) is 51.3 Å². The molecule has 10 nitrogen and oxygen atoms in total. The molecule has 0 radical (unpaired) electrons. The van der Waals surface area contributed by atoms with E-state index in [9.17, 15) is 0 Å². The molecule has 0 saturated carbocycles. The average molecular weight is 473 g/mol. The summed E-state index contributed by atoms with van der Waals surface area (Å²) in [5.74, 6) is 2.07. The van der Waals surface area contributed by atoms with Crippen LogP contribution in [-0.4, -0.2) is 73.5 Å². The highest BCUT2D eigenvalue weighted by Crippen LogP contribution is 2.21. The van der Waals surface area contributed by atoms with Gasteiger partial charge in [-0.25, -0.2) is 0 Å². The largest absolute Gasteiger partial charge is 0.264 e. The fourth-order valence-corrected chi connectivity index (χ4v) is 5.23. The van der Waals surface area contributed by atoms with Gasteiger partial charge in [0.25, 0.3) is 0 Å². The van der Waals surface area contributed by atoms with Crippen LogP contribution in [0.5, 0.6) is 0 Å². The Morgan fingerprint density at radius 3 is 1.06 bits per heavy atom. The van der Waals surface area contributed by atoms with E-state index in [1.165, 1.54) is 0 Å². The second-order valence-corrected chi connectivity index (χ2v) is 9.88. The number of aromatic nitrogens is 8. The summed E-state index contributed by atoms with van der Waals surface area (Å²) < 4.78 is 7.79. The molecule has 4 aromatic heterocycles. The second kappa shape index (κ2) is 12.5. The molecule has 0 atom stereocenters. The Labute approximate surface area is 195 Å². The molecule has 0 aliphatic heterocycles. The second-order valence-electron chi connectivity index (χ2n) is 7.18. The number of hydrogen-bond acceptors (Lipinski definition) is 8. The standard InChI is InChI=1S/C20H28N10S2/c1-5-21-27(9-1)17-25(18-28-10-2-6-22-28)13-15-31-32-16-14-26(19-29-11-3-7-23-29)20-30-12-4-8-24-30/h1-12H,13-20H2. The van der Waals surface area contributed by atoms with Crippen LogP contribution < -0.4 is 0 Å². The van der Waals surface area contributed by atoms with Crippen LogP contribution in [0.25, 0.3) is 0 Å². The van der Waals surface area contributed by atoms with Crippen LogP contribution in [0.3, 0.4) is 0 Å². The molecular formula is C20H28N10S2. The highest BCUT2D eigenvalue weighted by atomic mass is 33.1. The van der Waals surface area contributed by atoms with Crippen molar-refractivity contribution in [2.45, 2.75) is 26.7 Å². The van der Waals surface area contributed by atoms with Gasteiger partial charge in [-0.3, -0.25) is 28.5 Å². The Morgan fingerprint density at radius 2 is 0.812 bits per heavy atom. The Morgan fingerprint density at radius 1 is 0.500 bits per heavy atom. The van der Waals surface area contributed by atoms with Gasteiger partial charge in [0.05, 0.1) is 26.7 Å². The first-order valence-corrected chi connectivity index (χ1v) is 12.9. The number of rotatable bonds is 15. The van der Waals surface area contributed by atoms with Gasteiger partial charge >= 0.3 is 0 Å². The lowest BCUT2D eigenvalue weighted by Crippen LogP contribution is -2.31. The average Bonchev–Trinajstić information content (AvgIpc) is 3.60. The predicted octanol–water partition coefficient (Wildman–Crippen LogP) is 2.39. The Balaban J connectivity index is 1.19. The summed E-state index contributed by atoms with van der Waals surface area (Å²) in [6.07, 6.45) is 15.2. The SMILES string of the molecule is c1cnn(CN(CCSSCCN(Cn2cccn2)Cn2cccn2)Cn2cccn2)c1. The van der Waals surface area contributed by atoms with Gasteiger partial charge < -0.3 is 0 Å². The highest BCUT2D eigenvalue weighted by molar-refractivity contribution is 8.76. The minimum absolute atomic E-state index is 0.750. The van der Waals surface area contributed by atoms with Gasteiger partial charge in [-0.05, 0) is 24.3 Å². The molecule has 0 aliphatic rings. The maximum atomic E-state index is 4.34. The molecule has 4 rings (SSSR count). The van der Waals surface area contributed by atoms with Crippen molar-refractivity contribution in [2.24, 2.45) is 0 Å². The van der Waals surface area contributed by atoms with Gasteiger partial charge in [-0.1, -0.05) is 21.6 Å². The molecule has 170 valence electrons. The van der Waals surface area contributed by atoms with Crippen molar-refractivity contribution in [1.82, 2.24) is 48.9 Å². The summed E-state index contributed by atoms with van der Waals surface area (Å²) in [7, 11) is 3.82. The predicted molar refractivity (Wildman–Crippen MR) is 127 cm³/mol. The summed E-state index contributed by atoms with van der Waals surface area (Å²) in [6, 6.07) is 7.81. The van der Waals surface area contributed by atoms with Gasteiger partial charge in [0.1, 0.15) is 0 Å². The van der Waals surface area contributed by atoms with Crippen molar-refractivity contribution >= 4 is 21.6 Å². The molecule has 0 bridgehead atoms. The monoisotopic (exact) mass is 472 g/mol. The summed E-state index contributed by atoms with van der Waals surface area (Å²) in [5.41, 5.74) is 0. The summed E-state index contributed by atoms with van der Waals surface area (Å²) in [4.78, 5) is 4.69. The van der Waals surface area contributed by atoms with E-state index < -0.39 is 0 Å². The topological polar surface area (TPSA) is 77.8 Å². The maximum Gasteiger partial charge on any atom is 0.0943 e. The minimum Gasteiger partial charge on any atom is -0.264 e. The third kappa shape index (κ3) is 7.55. The number of hydrogen-bond donors (Lipinski definition) is 0. The zero-order valence-corrected chi connectivity index (χ0v) is 19.5. The Kier molecular flexibility index (Phi) is 8.84. The van der Waals surface area contributed by atoms with Crippen LogP contribution in [0.4, 0.5) is 0 Å². The van der Waals surface area contributed by atoms with Crippen molar-refractivity contribution in [3.05, 3.63) is 73.8 Å². The number of nitrogens with zero attached hydrogens (tertiary/aromatic N) is 10. The molecule has 0 aromatic carbocycles. The Hall–Kier alpha value is -2.54. The molecule has 0 amide bonds. The van der Waals surface area contributed by atoms with Gasteiger partial charge in [0, 0.05) is 74.2 Å². The van der Waals surface area contributed by atoms with Crippen LogP contribution in [0.15, 0.2) is 73.8 Å². The minimum atomic E-state index is 0.750. The van der Waals surface area contributed by atoms with E-state index in [2.05, 4.69) is 30.2 Å². The van der Waals surface area contributed by atoms with Gasteiger partial charge in [0.2, 0.25) is 0 Å². The molecule has 0 N–H and O–H groups in total. The molecule has 12 heteroatoms. The maximum absolute atomic E-state index is 4.34. The van der Waals surface area contributed by atoms with E-state index in [-0.39, 0.29) is 0 Å². The van der Waals surface area contributed by atoms with Crippen molar-refractivity contribution in [3.8, 4) is 0 Å². The van der Waals surface area contributed by atoms with E-state index in [0.29, 0.717) is 0 Å². The first-order chi connectivity index (χ1) is 15.8. The summed E-state index contributed by atoms with van der Waals surface area (Å²) in [6.45, 7) is 4.92.